The van der Waals surface area contributed by atoms with Crippen LogP contribution in [0.1, 0.15) is 12.8 Å². The molecule has 0 N–H and O–H groups in total. The second-order valence-corrected chi connectivity index (χ2v) is 3.81. The SMILES string of the molecule is O=C(CCN1C(=O)C=CC1=O)ON1C(=O)[CH-]CC1=O.[U]. The Balaban J connectivity index is 0.00000200. The van der Waals surface area contributed by atoms with Crippen LogP contribution in [0.2, 0.25) is 0 Å². The van der Waals surface area contributed by atoms with E-state index in [1.54, 1.807) is 0 Å². The van der Waals surface area contributed by atoms with Crippen molar-refractivity contribution in [3.8, 4) is 0 Å². The van der Waals surface area contributed by atoms with Crippen molar-refractivity contribution >= 4 is 29.6 Å². The van der Waals surface area contributed by atoms with Crippen LogP contribution < -0.4 is 0 Å². The van der Waals surface area contributed by atoms with Gasteiger partial charge in [-0.25, -0.2) is 4.79 Å². The Morgan fingerprint density at radius 1 is 1.20 bits per heavy atom. The third-order valence-corrected chi connectivity index (χ3v) is 2.51. The Morgan fingerprint density at radius 3 is 2.30 bits per heavy atom. The largest absolute Gasteiger partial charge is 0.334 e. The molecule has 4 amide bonds. The standard InChI is InChI=1S/C11H9N2O6.U/c14-7-1-2-8(15)12(7)6-5-11(18)19-13-9(16)3-4-10(13)17;/h1-3H,4-6H2;/q-1;. The second-order valence-electron chi connectivity index (χ2n) is 3.81. The zero-order valence-corrected chi connectivity index (χ0v) is 14.4. The van der Waals surface area contributed by atoms with E-state index in [1.807, 2.05) is 0 Å². The molecule has 0 spiro atoms. The maximum Gasteiger partial charge on any atom is 0.334 e. The van der Waals surface area contributed by atoms with Gasteiger partial charge in [-0.05, 0) is 0 Å². The van der Waals surface area contributed by atoms with Crippen molar-refractivity contribution in [3.63, 3.8) is 0 Å². The van der Waals surface area contributed by atoms with E-state index in [0.717, 1.165) is 23.5 Å². The Labute approximate surface area is 137 Å². The maximum atomic E-state index is 11.4. The minimum atomic E-state index is -0.871. The van der Waals surface area contributed by atoms with Crippen LogP contribution in [0.3, 0.4) is 0 Å². The molecule has 0 bridgehead atoms. The fourth-order valence-corrected chi connectivity index (χ4v) is 1.56. The van der Waals surface area contributed by atoms with Gasteiger partial charge in [0.1, 0.15) is 5.91 Å². The van der Waals surface area contributed by atoms with Crippen LogP contribution in [-0.2, 0) is 28.8 Å². The Hall–Kier alpha value is -1.59. The number of hydrogen-bond donors (Lipinski definition) is 0. The molecule has 2 aliphatic rings. The number of hydrogen-bond acceptors (Lipinski definition) is 6. The average Bonchev–Trinajstić information content (AvgIpc) is 2.84. The van der Waals surface area contributed by atoms with Crippen molar-refractivity contribution < 1.29 is 59.9 Å². The van der Waals surface area contributed by atoms with E-state index >= 15 is 0 Å². The molecule has 0 aromatic carbocycles. The van der Waals surface area contributed by atoms with Crippen molar-refractivity contribution in [2.45, 2.75) is 12.8 Å². The van der Waals surface area contributed by atoms with Crippen LogP contribution >= 0.6 is 0 Å². The summed E-state index contributed by atoms with van der Waals surface area (Å²) in [6.07, 6.45) is 2.87. The quantitative estimate of drug-likeness (QED) is 0.350. The van der Waals surface area contributed by atoms with E-state index in [-0.39, 0.29) is 50.5 Å². The second kappa shape index (κ2) is 6.72. The van der Waals surface area contributed by atoms with E-state index in [0.29, 0.717) is 5.06 Å². The predicted octanol–water partition coefficient (Wildman–Crippen LogP) is -1.28. The van der Waals surface area contributed by atoms with Crippen LogP contribution in [0, 0.1) is 37.5 Å². The minimum absolute atomic E-state index is 0. The van der Waals surface area contributed by atoms with Crippen LogP contribution in [0.25, 0.3) is 0 Å². The number of imide groups is 2. The van der Waals surface area contributed by atoms with Gasteiger partial charge in [0.2, 0.25) is 5.91 Å². The van der Waals surface area contributed by atoms with Gasteiger partial charge < -0.3 is 9.63 Å². The fourth-order valence-electron chi connectivity index (χ4n) is 1.56. The summed E-state index contributed by atoms with van der Waals surface area (Å²) in [6.45, 7) is -0.163. The van der Waals surface area contributed by atoms with E-state index in [2.05, 4.69) is 4.84 Å². The Morgan fingerprint density at radius 2 is 1.80 bits per heavy atom. The van der Waals surface area contributed by atoms with Gasteiger partial charge in [0, 0.05) is 49.8 Å². The molecule has 104 valence electrons. The molecule has 0 unspecified atom stereocenters. The molecule has 1 saturated heterocycles. The zero-order chi connectivity index (χ0) is 14.0. The van der Waals surface area contributed by atoms with Crippen molar-refractivity contribution in [1.82, 2.24) is 9.96 Å². The third-order valence-electron chi connectivity index (χ3n) is 2.51. The van der Waals surface area contributed by atoms with Gasteiger partial charge in [-0.15, -0.1) is 5.06 Å². The first kappa shape index (κ1) is 16.5. The number of nitrogens with zero attached hydrogens (tertiary/aromatic N) is 2. The van der Waals surface area contributed by atoms with E-state index in [4.69, 9.17) is 0 Å². The van der Waals surface area contributed by atoms with Crippen LogP contribution in [-0.4, -0.2) is 46.1 Å². The normalized spacial score (nSPS) is 17.4. The monoisotopic (exact) mass is 503 g/mol. The predicted molar refractivity (Wildman–Crippen MR) is 57.3 cm³/mol. The summed E-state index contributed by atoms with van der Waals surface area (Å²) >= 11 is 0. The zero-order valence-electron chi connectivity index (χ0n) is 10.2. The van der Waals surface area contributed by atoms with Gasteiger partial charge in [-0.3, -0.25) is 25.7 Å². The molecule has 2 heterocycles. The molecule has 8 nitrogen and oxygen atoms in total. The summed E-state index contributed by atoms with van der Waals surface area (Å²) in [5.74, 6) is -3.23. The van der Waals surface area contributed by atoms with Gasteiger partial charge in [-0.1, -0.05) is 6.42 Å². The number of carbonyl (C=O) groups excluding carboxylic acids is 5. The first-order chi connectivity index (χ1) is 8.99. The number of hydroxylamine groups is 2. The summed E-state index contributed by atoms with van der Waals surface area (Å²) in [4.78, 5) is 61.5. The minimum Gasteiger partial charge on any atom is -0.333 e. The molecule has 0 radical (unpaired) electrons. The van der Waals surface area contributed by atoms with Gasteiger partial charge in [0.15, 0.2) is 0 Å². The van der Waals surface area contributed by atoms with Crippen LogP contribution in [0.5, 0.6) is 0 Å². The Kier molecular flexibility index (Phi) is 5.54. The summed E-state index contributed by atoms with van der Waals surface area (Å²) in [7, 11) is 0. The van der Waals surface area contributed by atoms with Gasteiger partial charge in [0.05, 0.1) is 6.42 Å². The van der Waals surface area contributed by atoms with E-state index in [9.17, 15) is 24.0 Å². The summed E-state index contributed by atoms with van der Waals surface area (Å²) in [6, 6.07) is 0. The topological polar surface area (TPSA) is 101 Å². The van der Waals surface area contributed by atoms with Gasteiger partial charge in [-0.2, -0.15) is 0 Å². The first-order valence-corrected chi connectivity index (χ1v) is 5.43. The summed E-state index contributed by atoms with van der Waals surface area (Å²) in [5, 5.41) is 0.369. The third kappa shape index (κ3) is 3.49. The molecule has 2 aliphatic heterocycles. The maximum absolute atomic E-state index is 11.4. The molecule has 9 heteroatoms. The molecule has 20 heavy (non-hydrogen) atoms. The molecule has 0 aromatic heterocycles. The van der Waals surface area contributed by atoms with Crippen molar-refractivity contribution in [2.75, 3.05) is 6.54 Å². The molecule has 2 rings (SSSR count). The molecular weight excluding hydrogens is 494 g/mol. The number of carbonyl (C=O) groups is 5. The van der Waals surface area contributed by atoms with Gasteiger partial charge >= 0.3 is 5.97 Å². The summed E-state index contributed by atoms with van der Waals surface area (Å²) in [5.41, 5.74) is 0. The fraction of sp³-hybridized carbons (Fsp3) is 0.273. The van der Waals surface area contributed by atoms with Gasteiger partial charge in [0.25, 0.3) is 11.8 Å². The van der Waals surface area contributed by atoms with E-state index in [1.165, 1.54) is 0 Å². The first-order valence-electron chi connectivity index (χ1n) is 5.43. The average molecular weight is 503 g/mol. The number of amides is 4. The molecule has 1 fully saturated rings. The smallest absolute Gasteiger partial charge is 0.333 e. The van der Waals surface area contributed by atoms with Crippen LogP contribution in [0.4, 0.5) is 0 Å². The summed E-state index contributed by atoms with van der Waals surface area (Å²) < 4.78 is 0. The Bertz CT molecular complexity index is 481. The molecule has 0 aliphatic carbocycles. The van der Waals surface area contributed by atoms with Crippen molar-refractivity contribution in [3.05, 3.63) is 18.6 Å². The van der Waals surface area contributed by atoms with E-state index < -0.39 is 29.6 Å². The molecular formula is C11H9N2O6U-. The molecule has 0 aromatic rings. The molecule has 0 saturated carbocycles. The van der Waals surface area contributed by atoms with Crippen molar-refractivity contribution in [1.29, 1.82) is 0 Å². The number of rotatable bonds is 4. The van der Waals surface area contributed by atoms with Crippen LogP contribution in [0.15, 0.2) is 12.2 Å². The van der Waals surface area contributed by atoms with Crippen molar-refractivity contribution in [2.24, 2.45) is 0 Å². The molecule has 0 atom stereocenters.